The van der Waals surface area contributed by atoms with Crippen molar-refractivity contribution in [2.45, 2.75) is 37.6 Å². The summed E-state index contributed by atoms with van der Waals surface area (Å²) in [5.74, 6) is 0.964. The summed E-state index contributed by atoms with van der Waals surface area (Å²) in [7, 11) is 0. The van der Waals surface area contributed by atoms with Crippen molar-refractivity contribution in [3.05, 3.63) is 59.4 Å². The summed E-state index contributed by atoms with van der Waals surface area (Å²) in [5.41, 5.74) is 3.68. The molecule has 96 valence electrons. The maximum absolute atomic E-state index is 11.9. The van der Waals surface area contributed by atoms with Crippen LogP contribution < -0.4 is 0 Å². The van der Waals surface area contributed by atoms with Crippen molar-refractivity contribution >= 4 is 5.78 Å². The zero-order chi connectivity index (χ0) is 12.8. The van der Waals surface area contributed by atoms with E-state index in [0.29, 0.717) is 17.7 Å². The Balaban J connectivity index is 1.64. The first kappa shape index (κ1) is 11.0. The summed E-state index contributed by atoms with van der Waals surface area (Å²) in [6.45, 7) is 0. The molecule has 19 heavy (non-hydrogen) atoms. The molecular formula is C17H17NO. The molecule has 0 spiro atoms. The first-order chi connectivity index (χ1) is 9.34. The molecule has 0 N–H and O–H groups in total. The number of rotatable bonds is 2. The highest BCUT2D eigenvalue weighted by atomic mass is 16.1. The van der Waals surface area contributed by atoms with Crippen molar-refractivity contribution in [2.24, 2.45) is 0 Å². The lowest BCUT2D eigenvalue weighted by atomic mass is 9.97. The van der Waals surface area contributed by atoms with Crippen LogP contribution in [0.25, 0.3) is 0 Å². The van der Waals surface area contributed by atoms with Crippen LogP contribution in [0.4, 0.5) is 0 Å². The third kappa shape index (κ3) is 1.74. The molecule has 2 heteroatoms. The second-order valence-corrected chi connectivity index (χ2v) is 5.68. The number of hydrogen-bond acceptors (Lipinski definition) is 1. The van der Waals surface area contributed by atoms with Gasteiger partial charge in [0.1, 0.15) is 0 Å². The predicted octanol–water partition coefficient (Wildman–Crippen LogP) is 3.74. The average molecular weight is 251 g/mol. The van der Waals surface area contributed by atoms with E-state index < -0.39 is 0 Å². The molecule has 1 heterocycles. The number of fused-ring (bicyclic) bond motifs is 1. The molecule has 1 saturated carbocycles. The van der Waals surface area contributed by atoms with Crippen molar-refractivity contribution in [3.8, 4) is 0 Å². The van der Waals surface area contributed by atoms with Gasteiger partial charge in [0.2, 0.25) is 0 Å². The van der Waals surface area contributed by atoms with Gasteiger partial charge < -0.3 is 4.57 Å². The Morgan fingerprint density at radius 3 is 2.74 bits per heavy atom. The average Bonchev–Trinajstić information content (AvgIpc) is 3.12. The minimum Gasteiger partial charge on any atom is -0.347 e. The fourth-order valence-corrected chi connectivity index (χ4v) is 3.41. The van der Waals surface area contributed by atoms with Gasteiger partial charge in [-0.05, 0) is 30.9 Å². The van der Waals surface area contributed by atoms with E-state index >= 15 is 0 Å². The van der Waals surface area contributed by atoms with Crippen LogP contribution in [0, 0.1) is 0 Å². The molecule has 0 saturated heterocycles. The molecule has 0 aliphatic heterocycles. The van der Waals surface area contributed by atoms with Crippen molar-refractivity contribution in [1.29, 1.82) is 0 Å². The van der Waals surface area contributed by atoms with Crippen LogP contribution in [-0.4, -0.2) is 10.4 Å². The van der Waals surface area contributed by atoms with Crippen LogP contribution in [0.1, 0.15) is 52.8 Å². The molecule has 1 aromatic heterocycles. The van der Waals surface area contributed by atoms with Gasteiger partial charge in [-0.1, -0.05) is 30.3 Å². The molecule has 4 rings (SSSR count). The van der Waals surface area contributed by atoms with Crippen molar-refractivity contribution in [2.75, 3.05) is 0 Å². The minimum absolute atomic E-state index is 0.330. The van der Waals surface area contributed by atoms with Crippen molar-refractivity contribution in [1.82, 2.24) is 4.57 Å². The lowest BCUT2D eigenvalue weighted by molar-refractivity contribution is 0.0972. The topological polar surface area (TPSA) is 22.0 Å². The molecule has 2 aromatic rings. The van der Waals surface area contributed by atoms with Crippen LogP contribution in [0.15, 0.2) is 42.6 Å². The number of carbonyl (C=O) groups excluding carboxylic acids is 1. The van der Waals surface area contributed by atoms with Gasteiger partial charge in [-0.25, -0.2) is 0 Å². The number of carbonyl (C=O) groups is 1. The molecule has 1 aromatic carbocycles. The van der Waals surface area contributed by atoms with E-state index in [0.717, 1.165) is 24.8 Å². The van der Waals surface area contributed by atoms with Crippen LogP contribution in [0.3, 0.4) is 0 Å². The second kappa shape index (κ2) is 4.09. The Labute approximate surface area is 113 Å². The van der Waals surface area contributed by atoms with Gasteiger partial charge >= 0.3 is 0 Å². The Kier molecular flexibility index (Phi) is 2.37. The van der Waals surface area contributed by atoms with Crippen LogP contribution in [0.5, 0.6) is 0 Å². The van der Waals surface area contributed by atoms with Crippen LogP contribution >= 0.6 is 0 Å². The van der Waals surface area contributed by atoms with E-state index in [1.54, 1.807) is 0 Å². The molecule has 0 bridgehead atoms. The zero-order valence-corrected chi connectivity index (χ0v) is 10.9. The monoisotopic (exact) mass is 251 g/mol. The molecule has 2 aliphatic carbocycles. The second-order valence-electron chi connectivity index (χ2n) is 5.68. The van der Waals surface area contributed by atoms with Gasteiger partial charge in [-0.3, -0.25) is 4.79 Å². The van der Waals surface area contributed by atoms with Gasteiger partial charge in [0, 0.05) is 35.8 Å². The molecule has 2 nitrogen and oxygen atoms in total. The number of ketones is 1. The summed E-state index contributed by atoms with van der Waals surface area (Å²) >= 11 is 0. The lowest BCUT2D eigenvalue weighted by Gasteiger charge is -2.15. The Morgan fingerprint density at radius 2 is 1.89 bits per heavy atom. The fraction of sp³-hybridized carbons (Fsp3) is 0.353. The first-order valence-corrected chi connectivity index (χ1v) is 7.12. The number of benzene rings is 1. The van der Waals surface area contributed by atoms with Gasteiger partial charge in [0.05, 0.1) is 0 Å². The summed E-state index contributed by atoms with van der Waals surface area (Å²) in [6, 6.07) is 13.3. The lowest BCUT2D eigenvalue weighted by Crippen LogP contribution is -2.12. The summed E-state index contributed by atoms with van der Waals surface area (Å²) in [5, 5.41) is 0. The smallest absolute Gasteiger partial charge is 0.164 e. The molecule has 0 radical (unpaired) electrons. The number of aromatic nitrogens is 1. The Bertz CT molecular complexity index is 626. The number of Topliss-reactive ketones (excluding diaryl/α,β-unsaturated/α-hetero) is 1. The highest BCUT2D eigenvalue weighted by Gasteiger charge is 2.41. The van der Waals surface area contributed by atoms with Crippen molar-refractivity contribution < 1.29 is 4.79 Å². The Morgan fingerprint density at radius 1 is 1.05 bits per heavy atom. The Hall–Kier alpha value is -1.83. The largest absolute Gasteiger partial charge is 0.347 e. The van der Waals surface area contributed by atoms with E-state index in [2.05, 4.69) is 41.1 Å². The SMILES string of the molecule is O=C1CCCc2c1ccn2C1CC1c1ccccc1. The normalized spacial score (nSPS) is 25.2. The van der Waals surface area contributed by atoms with Gasteiger partial charge in [0.15, 0.2) is 5.78 Å². The standard InChI is InChI=1S/C17H17NO/c19-17-8-4-7-15-13(17)9-10-18(15)16-11-14(16)12-5-2-1-3-6-12/h1-3,5-6,9-10,14,16H,4,7-8,11H2. The highest BCUT2D eigenvalue weighted by molar-refractivity contribution is 5.98. The van der Waals surface area contributed by atoms with Crippen LogP contribution in [0.2, 0.25) is 0 Å². The number of hydrogen-bond donors (Lipinski definition) is 0. The fourth-order valence-electron chi connectivity index (χ4n) is 3.41. The highest BCUT2D eigenvalue weighted by Crippen LogP contribution is 2.52. The van der Waals surface area contributed by atoms with E-state index in [9.17, 15) is 4.79 Å². The minimum atomic E-state index is 0.330. The molecule has 0 amide bonds. The van der Waals surface area contributed by atoms with E-state index in [4.69, 9.17) is 0 Å². The van der Waals surface area contributed by atoms with E-state index in [1.165, 1.54) is 17.7 Å². The molecule has 2 aliphatic rings. The maximum Gasteiger partial charge on any atom is 0.164 e. The van der Waals surface area contributed by atoms with E-state index in [1.807, 2.05) is 6.07 Å². The summed E-state index contributed by atoms with van der Waals surface area (Å²) in [6.07, 6.45) is 6.13. The molecular weight excluding hydrogens is 234 g/mol. The molecule has 1 fully saturated rings. The number of nitrogens with zero attached hydrogens (tertiary/aromatic N) is 1. The van der Waals surface area contributed by atoms with E-state index in [-0.39, 0.29) is 0 Å². The summed E-state index contributed by atoms with van der Waals surface area (Å²) in [4.78, 5) is 11.9. The van der Waals surface area contributed by atoms with Gasteiger partial charge in [-0.15, -0.1) is 0 Å². The van der Waals surface area contributed by atoms with Crippen molar-refractivity contribution in [3.63, 3.8) is 0 Å². The zero-order valence-electron chi connectivity index (χ0n) is 10.9. The maximum atomic E-state index is 11.9. The third-order valence-electron chi connectivity index (χ3n) is 4.48. The van der Waals surface area contributed by atoms with Gasteiger partial charge in [-0.2, -0.15) is 0 Å². The molecule has 2 unspecified atom stereocenters. The summed E-state index contributed by atoms with van der Waals surface area (Å²) < 4.78 is 2.37. The quantitative estimate of drug-likeness (QED) is 0.797. The first-order valence-electron chi connectivity index (χ1n) is 7.12. The van der Waals surface area contributed by atoms with Crippen LogP contribution in [-0.2, 0) is 6.42 Å². The predicted molar refractivity (Wildman–Crippen MR) is 74.5 cm³/mol. The third-order valence-corrected chi connectivity index (χ3v) is 4.48. The van der Waals surface area contributed by atoms with Gasteiger partial charge in [0.25, 0.3) is 0 Å². The molecule has 2 atom stereocenters.